The molecule has 0 aromatic carbocycles. The first-order chi connectivity index (χ1) is 9.13. The van der Waals surface area contributed by atoms with Crippen LogP contribution < -0.4 is 10.6 Å². The van der Waals surface area contributed by atoms with E-state index < -0.39 is 0 Å². The summed E-state index contributed by atoms with van der Waals surface area (Å²) < 4.78 is 0. The van der Waals surface area contributed by atoms with E-state index in [0.29, 0.717) is 17.5 Å². The molecule has 1 fully saturated rings. The molecule has 1 amide bonds. The highest BCUT2D eigenvalue weighted by Crippen LogP contribution is 2.34. The molecule has 1 saturated carbocycles. The second-order valence-corrected chi connectivity index (χ2v) is 5.28. The molecule has 1 aliphatic carbocycles. The Morgan fingerprint density at radius 2 is 2.21 bits per heavy atom. The molecule has 2 atom stereocenters. The summed E-state index contributed by atoms with van der Waals surface area (Å²) >= 11 is 0. The zero-order chi connectivity index (χ0) is 13.8. The number of hydrogen-bond acceptors (Lipinski definition) is 3. The molecule has 4 nitrogen and oxygen atoms in total. The minimum atomic E-state index is 0.0215. The summed E-state index contributed by atoms with van der Waals surface area (Å²) in [6, 6.07) is 4.04. The lowest BCUT2D eigenvalue weighted by atomic mass is 10.2. The van der Waals surface area contributed by atoms with Gasteiger partial charge in [-0.05, 0) is 44.7 Å². The lowest BCUT2D eigenvalue weighted by molar-refractivity contribution is 0.0948. The van der Waals surface area contributed by atoms with Gasteiger partial charge < -0.3 is 10.6 Å². The molecule has 0 saturated heterocycles. The van der Waals surface area contributed by atoms with Crippen molar-refractivity contribution in [1.82, 2.24) is 10.3 Å². The number of aromatic nitrogens is 1. The van der Waals surface area contributed by atoms with Crippen molar-refractivity contribution in [3.63, 3.8) is 0 Å². The molecular weight excluding hydrogens is 238 g/mol. The van der Waals surface area contributed by atoms with Crippen LogP contribution in [0.4, 0.5) is 5.82 Å². The largest absolute Gasteiger partial charge is 0.370 e. The molecule has 2 N–H and O–H groups in total. The first-order valence-electron chi connectivity index (χ1n) is 7.17. The summed E-state index contributed by atoms with van der Waals surface area (Å²) in [5, 5.41) is 6.26. The fourth-order valence-corrected chi connectivity index (χ4v) is 2.44. The number of hydrogen-bond donors (Lipinski definition) is 2. The van der Waals surface area contributed by atoms with Crippen molar-refractivity contribution in [2.45, 2.75) is 46.1 Å². The Bertz CT molecular complexity index is 459. The summed E-state index contributed by atoms with van der Waals surface area (Å²) in [5.74, 6) is 1.48. The van der Waals surface area contributed by atoms with E-state index in [-0.39, 0.29) is 5.91 Å². The molecule has 0 bridgehead atoms. The van der Waals surface area contributed by atoms with Crippen molar-refractivity contribution in [2.24, 2.45) is 5.92 Å². The van der Waals surface area contributed by atoms with E-state index >= 15 is 0 Å². The maximum absolute atomic E-state index is 12.2. The summed E-state index contributed by atoms with van der Waals surface area (Å²) in [6.45, 7) is 6.92. The highest BCUT2D eigenvalue weighted by molar-refractivity contribution is 5.95. The van der Waals surface area contributed by atoms with Crippen LogP contribution in [-0.4, -0.2) is 23.5 Å². The van der Waals surface area contributed by atoms with Gasteiger partial charge in [0.15, 0.2) is 0 Å². The van der Waals surface area contributed by atoms with Crippen LogP contribution in [0.25, 0.3) is 0 Å². The predicted molar refractivity (Wildman–Crippen MR) is 77.4 cm³/mol. The summed E-state index contributed by atoms with van der Waals surface area (Å²) in [7, 11) is 0. The Hall–Kier alpha value is -1.58. The molecule has 2 rings (SSSR count). The van der Waals surface area contributed by atoms with E-state index in [0.717, 1.165) is 24.5 Å². The summed E-state index contributed by atoms with van der Waals surface area (Å²) in [6.07, 6.45) is 3.53. The topological polar surface area (TPSA) is 54.0 Å². The highest BCUT2D eigenvalue weighted by atomic mass is 16.1. The smallest absolute Gasteiger partial charge is 0.251 e. The number of carbonyl (C=O) groups is 1. The molecule has 1 aromatic rings. The molecule has 1 aliphatic rings. The van der Waals surface area contributed by atoms with Crippen molar-refractivity contribution >= 4 is 11.7 Å². The fourth-order valence-electron chi connectivity index (χ4n) is 2.44. The molecular formula is C15H23N3O. The molecule has 1 heterocycles. The number of aryl methyl sites for hydroxylation is 1. The molecule has 4 heteroatoms. The third-order valence-electron chi connectivity index (χ3n) is 3.47. The molecule has 0 aliphatic heterocycles. The third-order valence-corrected chi connectivity index (χ3v) is 3.47. The Kier molecular flexibility index (Phi) is 4.40. The fraction of sp³-hybridized carbons (Fsp3) is 0.600. The second kappa shape index (κ2) is 6.04. The van der Waals surface area contributed by atoms with Crippen LogP contribution in [0.2, 0.25) is 0 Å². The van der Waals surface area contributed by atoms with Gasteiger partial charge >= 0.3 is 0 Å². The standard InChI is InChI=1S/C15H23N3O/c1-4-6-11-8-13(11)18-15(19)12-7-10(3)17-14(9-12)16-5-2/h7,9,11,13H,4-6,8H2,1-3H3,(H,16,17)(H,18,19). The van der Waals surface area contributed by atoms with Crippen LogP contribution in [0.5, 0.6) is 0 Å². The van der Waals surface area contributed by atoms with Crippen LogP contribution in [0, 0.1) is 12.8 Å². The van der Waals surface area contributed by atoms with Gasteiger partial charge in [-0.25, -0.2) is 4.98 Å². The van der Waals surface area contributed by atoms with E-state index in [2.05, 4.69) is 22.5 Å². The summed E-state index contributed by atoms with van der Waals surface area (Å²) in [4.78, 5) is 16.5. The number of anilines is 1. The van der Waals surface area contributed by atoms with Gasteiger partial charge in [0.25, 0.3) is 5.91 Å². The van der Waals surface area contributed by atoms with Gasteiger partial charge in [-0.3, -0.25) is 4.79 Å². The normalized spacial score (nSPS) is 21.0. The Labute approximate surface area is 115 Å². The number of nitrogens with one attached hydrogen (secondary N) is 2. The number of amides is 1. The van der Waals surface area contributed by atoms with Crippen LogP contribution in [-0.2, 0) is 0 Å². The predicted octanol–water partition coefficient (Wildman–Crippen LogP) is 2.74. The Morgan fingerprint density at radius 1 is 1.42 bits per heavy atom. The number of carbonyl (C=O) groups excluding carboxylic acids is 1. The average Bonchev–Trinajstić information content (AvgIpc) is 3.07. The average molecular weight is 261 g/mol. The van der Waals surface area contributed by atoms with E-state index in [1.54, 1.807) is 0 Å². The second-order valence-electron chi connectivity index (χ2n) is 5.28. The van der Waals surface area contributed by atoms with Gasteiger partial charge in [-0.2, -0.15) is 0 Å². The maximum atomic E-state index is 12.2. The van der Waals surface area contributed by atoms with Crippen molar-refractivity contribution < 1.29 is 4.79 Å². The van der Waals surface area contributed by atoms with Crippen molar-refractivity contribution in [3.8, 4) is 0 Å². The zero-order valence-electron chi connectivity index (χ0n) is 12.0. The van der Waals surface area contributed by atoms with Gasteiger partial charge in [0.1, 0.15) is 5.82 Å². The van der Waals surface area contributed by atoms with E-state index in [1.807, 2.05) is 26.0 Å². The molecule has 1 aromatic heterocycles. The van der Waals surface area contributed by atoms with Gasteiger partial charge in [0.05, 0.1) is 0 Å². The van der Waals surface area contributed by atoms with Crippen molar-refractivity contribution in [1.29, 1.82) is 0 Å². The van der Waals surface area contributed by atoms with Crippen LogP contribution in [0.1, 0.15) is 49.2 Å². The van der Waals surface area contributed by atoms with E-state index in [1.165, 1.54) is 12.8 Å². The van der Waals surface area contributed by atoms with Crippen molar-refractivity contribution in [2.75, 3.05) is 11.9 Å². The van der Waals surface area contributed by atoms with E-state index in [9.17, 15) is 4.79 Å². The van der Waals surface area contributed by atoms with Gasteiger partial charge in [0, 0.05) is 23.8 Å². The van der Waals surface area contributed by atoms with Crippen LogP contribution >= 0.6 is 0 Å². The van der Waals surface area contributed by atoms with Gasteiger partial charge in [-0.15, -0.1) is 0 Å². The highest BCUT2D eigenvalue weighted by Gasteiger charge is 2.37. The summed E-state index contributed by atoms with van der Waals surface area (Å²) in [5.41, 5.74) is 1.56. The lowest BCUT2D eigenvalue weighted by Crippen LogP contribution is -2.27. The van der Waals surface area contributed by atoms with Crippen molar-refractivity contribution in [3.05, 3.63) is 23.4 Å². The first kappa shape index (κ1) is 13.8. The molecule has 0 spiro atoms. The molecule has 0 radical (unpaired) electrons. The Morgan fingerprint density at radius 3 is 2.89 bits per heavy atom. The minimum Gasteiger partial charge on any atom is -0.370 e. The van der Waals surface area contributed by atoms with Gasteiger partial charge in [0.2, 0.25) is 0 Å². The molecule has 19 heavy (non-hydrogen) atoms. The SMILES string of the molecule is CCCC1CC1NC(=O)c1cc(C)nc(NCC)c1. The van der Waals surface area contributed by atoms with Gasteiger partial charge in [-0.1, -0.05) is 13.3 Å². The number of nitrogens with zero attached hydrogens (tertiary/aromatic N) is 1. The monoisotopic (exact) mass is 261 g/mol. The number of rotatable bonds is 6. The zero-order valence-corrected chi connectivity index (χ0v) is 12.0. The maximum Gasteiger partial charge on any atom is 0.251 e. The third kappa shape index (κ3) is 3.69. The van der Waals surface area contributed by atoms with Crippen LogP contribution in [0.3, 0.4) is 0 Å². The molecule has 104 valence electrons. The number of pyridine rings is 1. The van der Waals surface area contributed by atoms with Crippen LogP contribution in [0.15, 0.2) is 12.1 Å². The minimum absolute atomic E-state index is 0.0215. The van der Waals surface area contributed by atoms with E-state index in [4.69, 9.17) is 0 Å². The quantitative estimate of drug-likeness (QED) is 0.828. The first-order valence-corrected chi connectivity index (χ1v) is 7.17. The Balaban J connectivity index is 1.99. The molecule has 2 unspecified atom stereocenters. The lowest BCUT2D eigenvalue weighted by Gasteiger charge is -2.08.